The summed E-state index contributed by atoms with van der Waals surface area (Å²) in [7, 11) is 1.64. The molecule has 1 N–H and O–H groups in total. The third-order valence-electron chi connectivity index (χ3n) is 5.57. The molecule has 32 heavy (non-hydrogen) atoms. The van der Waals surface area contributed by atoms with E-state index in [9.17, 15) is 4.79 Å². The van der Waals surface area contributed by atoms with Gasteiger partial charge in [-0.25, -0.2) is 0 Å². The minimum atomic E-state index is -0.261. The maximum atomic E-state index is 13.3. The van der Waals surface area contributed by atoms with Crippen LogP contribution in [-0.4, -0.2) is 47.9 Å². The average Bonchev–Trinajstić information content (AvgIpc) is 3.35. The van der Waals surface area contributed by atoms with Gasteiger partial charge in [-0.2, -0.15) is 5.10 Å². The molecule has 0 fully saturated rings. The summed E-state index contributed by atoms with van der Waals surface area (Å²) in [5.74, 6) is 2.12. The zero-order chi connectivity index (χ0) is 22.7. The Morgan fingerprint density at radius 3 is 2.38 bits per heavy atom. The topological polar surface area (TPSA) is 76.7 Å². The van der Waals surface area contributed by atoms with Crippen LogP contribution in [-0.2, 0) is 0 Å². The van der Waals surface area contributed by atoms with Gasteiger partial charge in [-0.3, -0.25) is 9.89 Å². The van der Waals surface area contributed by atoms with Crippen LogP contribution >= 0.6 is 0 Å². The molecule has 1 aliphatic heterocycles. The number of rotatable bonds is 9. The number of hydrogen-bond donors (Lipinski definition) is 1. The summed E-state index contributed by atoms with van der Waals surface area (Å²) in [6, 6.07) is 13.4. The second kappa shape index (κ2) is 9.34. The average molecular weight is 436 g/mol. The molecule has 1 aliphatic rings. The molecule has 0 saturated heterocycles. The Morgan fingerprint density at radius 1 is 1.00 bits per heavy atom. The molecule has 7 nitrogen and oxygen atoms in total. The van der Waals surface area contributed by atoms with Gasteiger partial charge in [0.2, 0.25) is 0 Å². The Labute approximate surface area is 188 Å². The Kier molecular flexibility index (Phi) is 6.35. The maximum Gasteiger partial charge on any atom is 0.273 e. The van der Waals surface area contributed by atoms with Crippen molar-refractivity contribution in [3.8, 4) is 28.5 Å². The van der Waals surface area contributed by atoms with E-state index in [0.29, 0.717) is 37.0 Å². The van der Waals surface area contributed by atoms with Crippen molar-refractivity contribution in [3.05, 3.63) is 59.3 Å². The molecule has 0 aliphatic carbocycles. The number of hydrogen-bond acceptors (Lipinski definition) is 5. The van der Waals surface area contributed by atoms with Gasteiger partial charge in [0, 0.05) is 17.7 Å². The SMILES string of the molecule is CCCN1C(=O)c2[nH]nc(-c3ccc(OC)cc3)c2C1c1ccc(OCC)c(OCC)c1. The summed E-state index contributed by atoms with van der Waals surface area (Å²) in [5.41, 5.74) is 4.09. The van der Waals surface area contributed by atoms with Crippen LogP contribution in [0.3, 0.4) is 0 Å². The van der Waals surface area contributed by atoms with E-state index in [-0.39, 0.29) is 11.9 Å². The standard InChI is InChI=1S/C25H29N3O4/c1-5-14-28-24(17-10-13-19(31-6-2)20(15-17)32-7-3)21-22(26-27-23(21)25(28)29)16-8-11-18(30-4)12-9-16/h8-13,15,24H,5-7,14H2,1-4H3,(H,26,27). The number of fused-ring (bicyclic) bond motifs is 1. The second-order valence-electron chi connectivity index (χ2n) is 7.56. The molecule has 1 unspecified atom stereocenters. The van der Waals surface area contributed by atoms with Gasteiger partial charge in [0.25, 0.3) is 5.91 Å². The van der Waals surface area contributed by atoms with Crippen LogP contribution in [0.5, 0.6) is 17.2 Å². The summed E-state index contributed by atoms with van der Waals surface area (Å²) >= 11 is 0. The van der Waals surface area contributed by atoms with E-state index in [1.54, 1.807) is 7.11 Å². The van der Waals surface area contributed by atoms with Gasteiger partial charge < -0.3 is 19.1 Å². The summed E-state index contributed by atoms with van der Waals surface area (Å²) in [5, 5.41) is 7.52. The first-order valence-electron chi connectivity index (χ1n) is 11.1. The molecular formula is C25H29N3O4. The third kappa shape index (κ3) is 3.79. The van der Waals surface area contributed by atoms with E-state index in [1.165, 1.54) is 0 Å². The summed E-state index contributed by atoms with van der Waals surface area (Å²) in [4.78, 5) is 15.2. The number of nitrogens with one attached hydrogen (secondary N) is 1. The van der Waals surface area contributed by atoms with Crippen molar-refractivity contribution >= 4 is 5.91 Å². The first kappa shape index (κ1) is 21.7. The molecule has 1 atom stereocenters. The molecule has 1 aromatic heterocycles. The summed E-state index contributed by atoms with van der Waals surface area (Å²) < 4.78 is 16.9. The van der Waals surface area contributed by atoms with E-state index in [4.69, 9.17) is 14.2 Å². The molecule has 2 aromatic carbocycles. The molecular weight excluding hydrogens is 406 g/mol. The van der Waals surface area contributed by atoms with Crippen molar-refractivity contribution in [2.75, 3.05) is 26.9 Å². The first-order valence-corrected chi connectivity index (χ1v) is 11.1. The van der Waals surface area contributed by atoms with Gasteiger partial charge in [0.15, 0.2) is 11.5 Å². The quantitative estimate of drug-likeness (QED) is 0.521. The third-order valence-corrected chi connectivity index (χ3v) is 5.57. The number of amides is 1. The summed E-state index contributed by atoms with van der Waals surface area (Å²) in [6.07, 6.45) is 0.854. The number of aromatic nitrogens is 2. The maximum absolute atomic E-state index is 13.3. The van der Waals surface area contributed by atoms with Crippen molar-refractivity contribution in [1.82, 2.24) is 15.1 Å². The number of methoxy groups -OCH3 is 1. The van der Waals surface area contributed by atoms with Crippen molar-refractivity contribution in [2.45, 2.75) is 33.2 Å². The molecule has 1 amide bonds. The van der Waals surface area contributed by atoms with Crippen LogP contribution in [0, 0.1) is 0 Å². The number of nitrogens with zero attached hydrogens (tertiary/aromatic N) is 2. The lowest BCUT2D eigenvalue weighted by molar-refractivity contribution is 0.0743. The van der Waals surface area contributed by atoms with Crippen LogP contribution in [0.4, 0.5) is 0 Å². The Balaban J connectivity index is 1.84. The first-order chi connectivity index (χ1) is 15.6. The Hall–Kier alpha value is -3.48. The van der Waals surface area contributed by atoms with Gasteiger partial charge >= 0.3 is 0 Å². The minimum absolute atomic E-state index is 0.0362. The van der Waals surface area contributed by atoms with E-state index in [0.717, 1.165) is 34.6 Å². The van der Waals surface area contributed by atoms with Gasteiger partial charge in [-0.05, 0) is 62.2 Å². The van der Waals surface area contributed by atoms with Crippen molar-refractivity contribution in [1.29, 1.82) is 0 Å². The molecule has 0 radical (unpaired) electrons. The predicted molar refractivity (Wildman–Crippen MR) is 123 cm³/mol. The smallest absolute Gasteiger partial charge is 0.273 e. The van der Waals surface area contributed by atoms with Crippen LogP contribution < -0.4 is 14.2 Å². The molecule has 4 rings (SSSR count). The fraction of sp³-hybridized carbons (Fsp3) is 0.360. The fourth-order valence-corrected chi connectivity index (χ4v) is 4.22. The lowest BCUT2D eigenvalue weighted by Crippen LogP contribution is -2.30. The van der Waals surface area contributed by atoms with Crippen molar-refractivity contribution in [3.63, 3.8) is 0 Å². The van der Waals surface area contributed by atoms with Crippen LogP contribution in [0.1, 0.15) is 54.8 Å². The summed E-state index contributed by atoms with van der Waals surface area (Å²) in [6.45, 7) is 7.69. The Bertz CT molecular complexity index is 1090. The van der Waals surface area contributed by atoms with Crippen LogP contribution in [0.25, 0.3) is 11.3 Å². The lowest BCUT2D eigenvalue weighted by atomic mass is 9.95. The van der Waals surface area contributed by atoms with Crippen LogP contribution in [0.15, 0.2) is 42.5 Å². The largest absolute Gasteiger partial charge is 0.497 e. The van der Waals surface area contributed by atoms with Crippen LogP contribution in [0.2, 0.25) is 0 Å². The van der Waals surface area contributed by atoms with E-state index in [1.807, 2.05) is 61.2 Å². The van der Waals surface area contributed by atoms with Gasteiger partial charge in [-0.15, -0.1) is 0 Å². The highest BCUT2D eigenvalue weighted by Crippen LogP contribution is 2.44. The number of ether oxygens (including phenoxy) is 3. The zero-order valence-corrected chi connectivity index (χ0v) is 19.0. The molecule has 7 heteroatoms. The van der Waals surface area contributed by atoms with E-state index in [2.05, 4.69) is 17.1 Å². The predicted octanol–water partition coefficient (Wildman–Crippen LogP) is 4.84. The van der Waals surface area contributed by atoms with Gasteiger partial charge in [0.1, 0.15) is 11.4 Å². The molecule has 0 spiro atoms. The Morgan fingerprint density at radius 2 is 1.72 bits per heavy atom. The van der Waals surface area contributed by atoms with E-state index >= 15 is 0 Å². The molecule has 0 saturated carbocycles. The lowest BCUT2D eigenvalue weighted by Gasteiger charge is -2.26. The highest BCUT2D eigenvalue weighted by molar-refractivity contribution is 6.00. The minimum Gasteiger partial charge on any atom is -0.497 e. The molecule has 168 valence electrons. The fourth-order valence-electron chi connectivity index (χ4n) is 4.22. The second-order valence-corrected chi connectivity index (χ2v) is 7.56. The molecule has 0 bridgehead atoms. The molecule has 3 aromatic rings. The number of carbonyl (C=O) groups excluding carboxylic acids is 1. The van der Waals surface area contributed by atoms with E-state index < -0.39 is 0 Å². The monoisotopic (exact) mass is 435 g/mol. The normalized spacial score (nSPS) is 15.1. The van der Waals surface area contributed by atoms with Crippen molar-refractivity contribution in [2.24, 2.45) is 0 Å². The molecule has 2 heterocycles. The van der Waals surface area contributed by atoms with Gasteiger partial charge in [-0.1, -0.05) is 13.0 Å². The zero-order valence-electron chi connectivity index (χ0n) is 19.0. The number of aromatic amines is 1. The highest BCUT2D eigenvalue weighted by atomic mass is 16.5. The number of benzene rings is 2. The number of H-pyrrole nitrogens is 1. The van der Waals surface area contributed by atoms with Gasteiger partial charge in [0.05, 0.1) is 32.1 Å². The highest BCUT2D eigenvalue weighted by Gasteiger charge is 2.42. The van der Waals surface area contributed by atoms with Crippen molar-refractivity contribution < 1.29 is 19.0 Å². The number of carbonyl (C=O) groups is 1.